The van der Waals surface area contributed by atoms with Crippen molar-refractivity contribution in [2.75, 3.05) is 0 Å². The van der Waals surface area contributed by atoms with Crippen molar-refractivity contribution in [2.45, 2.75) is 71.1 Å². The molecule has 0 radical (unpaired) electrons. The summed E-state index contributed by atoms with van der Waals surface area (Å²) in [6.07, 6.45) is 21.2. The molecule has 1 N–H and O–H groups in total. The first kappa shape index (κ1) is 22.8. The monoisotopic (exact) mass is 349 g/mol. The summed E-state index contributed by atoms with van der Waals surface area (Å²) < 4.78 is 0. The Labute approximate surface area is 151 Å². The average Bonchev–Trinajstić information content (AvgIpc) is 2.57. The first-order valence-corrected chi connectivity index (χ1v) is 9.08. The standard InChI is InChI=1S/C20H31NO4/c1-2-3-4-13-16-19(21(24)25)17-14-11-9-7-5-6-8-10-12-15-18-20(22)23/h5,7-8,10-11,14,16H,2-4,6,9,12-13,15,17-18H2,1H3,(H,22,23). The summed E-state index contributed by atoms with van der Waals surface area (Å²) in [6.45, 7) is 2.11. The zero-order chi connectivity index (χ0) is 18.8. The normalized spacial score (nSPS) is 12.6. The second-order valence-corrected chi connectivity index (χ2v) is 5.82. The predicted octanol–water partition coefficient (Wildman–Crippen LogP) is 5.82. The van der Waals surface area contributed by atoms with Gasteiger partial charge in [0.2, 0.25) is 5.70 Å². The van der Waals surface area contributed by atoms with E-state index < -0.39 is 5.97 Å². The summed E-state index contributed by atoms with van der Waals surface area (Å²) in [5.41, 5.74) is 0.278. The van der Waals surface area contributed by atoms with E-state index in [4.69, 9.17) is 5.11 Å². The Bertz CT molecular complexity index is 490. The third kappa shape index (κ3) is 16.5. The van der Waals surface area contributed by atoms with Crippen LogP contribution in [0.2, 0.25) is 0 Å². The van der Waals surface area contributed by atoms with Gasteiger partial charge in [-0.2, -0.15) is 0 Å². The Hall–Kier alpha value is -2.17. The van der Waals surface area contributed by atoms with E-state index in [0.717, 1.165) is 44.9 Å². The fourth-order valence-electron chi connectivity index (χ4n) is 2.13. The lowest BCUT2D eigenvalue weighted by Crippen LogP contribution is -1.97. The molecule has 0 aliphatic rings. The van der Waals surface area contributed by atoms with Gasteiger partial charge in [-0.05, 0) is 44.6 Å². The molecular formula is C20H31NO4. The predicted molar refractivity (Wildman–Crippen MR) is 102 cm³/mol. The molecule has 5 heteroatoms. The molecule has 0 heterocycles. The van der Waals surface area contributed by atoms with Gasteiger partial charge in [0.25, 0.3) is 0 Å². The minimum atomic E-state index is -0.754. The number of carboxylic acids is 1. The summed E-state index contributed by atoms with van der Waals surface area (Å²) in [5.74, 6) is -0.754. The van der Waals surface area contributed by atoms with Crippen molar-refractivity contribution in [1.29, 1.82) is 0 Å². The van der Waals surface area contributed by atoms with Gasteiger partial charge in [-0.25, -0.2) is 0 Å². The Morgan fingerprint density at radius 3 is 2.20 bits per heavy atom. The molecule has 0 saturated heterocycles. The number of nitrogens with zero attached hydrogens (tertiary/aromatic N) is 1. The number of carboxylic acid groups (broad SMARTS) is 1. The van der Waals surface area contributed by atoms with Gasteiger partial charge in [0.15, 0.2) is 0 Å². The lowest BCUT2D eigenvalue weighted by molar-refractivity contribution is -0.427. The van der Waals surface area contributed by atoms with E-state index in [1.165, 1.54) is 0 Å². The van der Waals surface area contributed by atoms with Crippen LogP contribution in [0.25, 0.3) is 0 Å². The molecule has 0 aromatic carbocycles. The second kappa shape index (κ2) is 16.7. The van der Waals surface area contributed by atoms with Crippen LogP contribution in [-0.4, -0.2) is 16.0 Å². The Morgan fingerprint density at radius 1 is 0.960 bits per heavy atom. The smallest absolute Gasteiger partial charge is 0.303 e. The zero-order valence-electron chi connectivity index (χ0n) is 15.2. The summed E-state index contributed by atoms with van der Waals surface area (Å²) in [7, 11) is 0. The highest BCUT2D eigenvalue weighted by Gasteiger charge is 2.06. The van der Waals surface area contributed by atoms with E-state index in [9.17, 15) is 14.9 Å². The van der Waals surface area contributed by atoms with Crippen LogP contribution >= 0.6 is 0 Å². The van der Waals surface area contributed by atoms with E-state index >= 15 is 0 Å². The highest BCUT2D eigenvalue weighted by molar-refractivity contribution is 5.66. The van der Waals surface area contributed by atoms with Gasteiger partial charge in [-0.3, -0.25) is 14.9 Å². The van der Waals surface area contributed by atoms with E-state index in [2.05, 4.69) is 6.92 Å². The van der Waals surface area contributed by atoms with Crippen molar-refractivity contribution in [3.8, 4) is 0 Å². The minimum Gasteiger partial charge on any atom is -0.481 e. The number of allylic oxidation sites excluding steroid dienone is 7. The van der Waals surface area contributed by atoms with Crippen LogP contribution in [0.15, 0.2) is 48.2 Å². The minimum absolute atomic E-state index is 0.212. The van der Waals surface area contributed by atoms with Crippen LogP contribution in [0.4, 0.5) is 0 Å². The largest absolute Gasteiger partial charge is 0.481 e. The SMILES string of the molecule is CCCCCC=C(CC=CCC=CCC=CCCCC(=O)O)[N+](=O)[O-]. The summed E-state index contributed by atoms with van der Waals surface area (Å²) in [6, 6.07) is 0. The molecule has 140 valence electrons. The maximum absolute atomic E-state index is 11.0. The van der Waals surface area contributed by atoms with Crippen LogP contribution in [0, 0.1) is 10.1 Å². The highest BCUT2D eigenvalue weighted by atomic mass is 16.6. The third-order valence-electron chi connectivity index (χ3n) is 3.55. The molecule has 0 aromatic rings. The van der Waals surface area contributed by atoms with Gasteiger partial charge >= 0.3 is 5.97 Å². The lowest BCUT2D eigenvalue weighted by atomic mass is 10.1. The molecule has 0 atom stereocenters. The number of hydrogen-bond donors (Lipinski definition) is 1. The number of hydrogen-bond acceptors (Lipinski definition) is 3. The van der Waals surface area contributed by atoms with Crippen molar-refractivity contribution in [3.63, 3.8) is 0 Å². The van der Waals surface area contributed by atoms with Gasteiger partial charge < -0.3 is 5.11 Å². The molecule has 0 fully saturated rings. The first-order chi connectivity index (χ1) is 12.1. The van der Waals surface area contributed by atoms with Gasteiger partial charge in [0.1, 0.15) is 0 Å². The van der Waals surface area contributed by atoms with Crippen molar-refractivity contribution < 1.29 is 14.8 Å². The van der Waals surface area contributed by atoms with Crippen LogP contribution in [0.3, 0.4) is 0 Å². The van der Waals surface area contributed by atoms with Crippen molar-refractivity contribution >= 4 is 5.97 Å². The number of unbranched alkanes of at least 4 members (excludes halogenated alkanes) is 4. The molecule has 0 aliphatic heterocycles. The number of aliphatic carboxylic acids is 1. The van der Waals surface area contributed by atoms with E-state index in [-0.39, 0.29) is 17.0 Å². The molecule has 0 rings (SSSR count). The van der Waals surface area contributed by atoms with Crippen LogP contribution in [-0.2, 0) is 4.79 Å². The van der Waals surface area contributed by atoms with E-state index in [1.54, 1.807) is 6.08 Å². The Morgan fingerprint density at radius 2 is 1.60 bits per heavy atom. The summed E-state index contributed by atoms with van der Waals surface area (Å²) >= 11 is 0. The molecule has 0 spiro atoms. The molecule has 25 heavy (non-hydrogen) atoms. The van der Waals surface area contributed by atoms with Gasteiger partial charge in [0, 0.05) is 6.42 Å². The topological polar surface area (TPSA) is 80.4 Å². The number of rotatable bonds is 15. The zero-order valence-corrected chi connectivity index (χ0v) is 15.2. The van der Waals surface area contributed by atoms with Gasteiger partial charge in [-0.15, -0.1) is 0 Å². The average molecular weight is 349 g/mol. The first-order valence-electron chi connectivity index (χ1n) is 9.08. The molecule has 0 aromatic heterocycles. The highest BCUT2D eigenvalue weighted by Crippen LogP contribution is 2.09. The quantitative estimate of drug-likeness (QED) is 0.175. The third-order valence-corrected chi connectivity index (χ3v) is 3.55. The Kier molecular flexibility index (Phi) is 15.2. The van der Waals surface area contributed by atoms with E-state index in [0.29, 0.717) is 12.8 Å². The van der Waals surface area contributed by atoms with Crippen molar-refractivity contribution in [2.24, 2.45) is 0 Å². The van der Waals surface area contributed by atoms with Gasteiger partial charge in [-0.1, -0.05) is 56.2 Å². The number of carbonyl (C=O) groups is 1. The van der Waals surface area contributed by atoms with E-state index in [1.807, 2.05) is 36.5 Å². The maximum Gasteiger partial charge on any atom is 0.303 e. The molecule has 0 bridgehead atoms. The number of nitro groups is 1. The fraction of sp³-hybridized carbons (Fsp3) is 0.550. The van der Waals surface area contributed by atoms with Crippen molar-refractivity contribution in [3.05, 3.63) is 58.3 Å². The molecular weight excluding hydrogens is 318 g/mol. The van der Waals surface area contributed by atoms with Gasteiger partial charge in [0.05, 0.1) is 11.3 Å². The lowest BCUT2D eigenvalue weighted by Gasteiger charge is -1.95. The summed E-state index contributed by atoms with van der Waals surface area (Å²) in [5, 5.41) is 19.5. The van der Waals surface area contributed by atoms with Crippen LogP contribution in [0.1, 0.15) is 71.1 Å². The fourth-order valence-corrected chi connectivity index (χ4v) is 2.13. The van der Waals surface area contributed by atoms with Crippen molar-refractivity contribution in [1.82, 2.24) is 0 Å². The van der Waals surface area contributed by atoms with Crippen LogP contribution in [0.5, 0.6) is 0 Å². The summed E-state index contributed by atoms with van der Waals surface area (Å²) in [4.78, 5) is 21.0. The molecule has 0 amide bonds. The molecule has 0 saturated carbocycles. The molecule has 0 aliphatic carbocycles. The molecule has 5 nitrogen and oxygen atoms in total. The van der Waals surface area contributed by atoms with Crippen LogP contribution < -0.4 is 0 Å². The second-order valence-electron chi connectivity index (χ2n) is 5.82. The Balaban J connectivity index is 3.88. The molecule has 0 unspecified atom stereocenters. The maximum atomic E-state index is 11.0.